The van der Waals surface area contributed by atoms with Gasteiger partial charge in [0.15, 0.2) is 0 Å². The van der Waals surface area contributed by atoms with E-state index in [2.05, 4.69) is 5.10 Å². The molecule has 0 bridgehead atoms. The van der Waals surface area contributed by atoms with E-state index < -0.39 is 0 Å². The summed E-state index contributed by atoms with van der Waals surface area (Å²) >= 11 is 0. The maximum absolute atomic E-state index is 12.2. The summed E-state index contributed by atoms with van der Waals surface area (Å²) in [5, 5.41) is 3.94. The van der Waals surface area contributed by atoms with Gasteiger partial charge in [0, 0.05) is 6.54 Å². The van der Waals surface area contributed by atoms with E-state index >= 15 is 0 Å². The van der Waals surface area contributed by atoms with E-state index in [4.69, 9.17) is 4.84 Å². The van der Waals surface area contributed by atoms with Crippen molar-refractivity contribution in [2.75, 3.05) is 13.2 Å². The number of benzene rings is 1. The second-order valence-corrected chi connectivity index (χ2v) is 5.11. The topological polar surface area (TPSA) is 64.4 Å². The summed E-state index contributed by atoms with van der Waals surface area (Å²) in [4.78, 5) is 32.4. The molecule has 0 aliphatic carbocycles. The lowest BCUT2D eigenvalue weighted by atomic mass is 10.1. The van der Waals surface area contributed by atoms with Gasteiger partial charge in [-0.3, -0.25) is 14.5 Å². The number of hydrogen-bond acceptors (Lipinski definition) is 4. The van der Waals surface area contributed by atoms with Crippen molar-refractivity contribution >= 4 is 11.8 Å². The first kappa shape index (κ1) is 14.3. The minimum atomic E-state index is -0.187. The minimum absolute atomic E-state index is 0.187. The fourth-order valence-electron chi connectivity index (χ4n) is 2.48. The maximum Gasteiger partial charge on any atom is 0.261 e. The lowest BCUT2D eigenvalue weighted by Gasteiger charge is -2.13. The monoisotopic (exact) mass is 299 g/mol. The number of unbranched alkanes of at least 4 members (excludes halogenated alkanes) is 2. The lowest BCUT2D eigenvalue weighted by Crippen LogP contribution is -2.30. The highest BCUT2D eigenvalue weighted by Gasteiger charge is 2.34. The van der Waals surface area contributed by atoms with Crippen molar-refractivity contribution in [1.82, 2.24) is 14.8 Å². The maximum atomic E-state index is 12.2. The van der Waals surface area contributed by atoms with Crippen LogP contribution in [0.3, 0.4) is 0 Å². The lowest BCUT2D eigenvalue weighted by molar-refractivity contribution is 0.0644. The summed E-state index contributed by atoms with van der Waals surface area (Å²) < 4.78 is 0. The molecule has 0 unspecified atom stereocenters. The number of fused-ring (bicyclic) bond motifs is 1. The van der Waals surface area contributed by atoms with E-state index in [9.17, 15) is 9.59 Å². The average molecular weight is 299 g/mol. The van der Waals surface area contributed by atoms with Crippen LogP contribution in [0, 0.1) is 0 Å². The Morgan fingerprint density at radius 1 is 0.955 bits per heavy atom. The number of imide groups is 1. The van der Waals surface area contributed by atoms with Crippen molar-refractivity contribution in [1.29, 1.82) is 0 Å². The Morgan fingerprint density at radius 2 is 1.68 bits per heavy atom. The minimum Gasteiger partial charge on any atom is -0.397 e. The highest BCUT2D eigenvalue weighted by atomic mass is 16.7. The van der Waals surface area contributed by atoms with E-state index in [1.165, 1.54) is 9.75 Å². The Hall–Kier alpha value is -2.63. The van der Waals surface area contributed by atoms with Gasteiger partial charge >= 0.3 is 0 Å². The molecular weight excluding hydrogens is 282 g/mol. The predicted molar refractivity (Wildman–Crippen MR) is 79.3 cm³/mol. The third-order valence-electron chi connectivity index (χ3n) is 3.61. The van der Waals surface area contributed by atoms with Crippen LogP contribution in [0.5, 0.6) is 0 Å². The molecule has 6 nitrogen and oxygen atoms in total. The van der Waals surface area contributed by atoms with Crippen LogP contribution in [-0.2, 0) is 0 Å². The van der Waals surface area contributed by atoms with Crippen molar-refractivity contribution in [3.63, 3.8) is 0 Å². The molecule has 0 saturated heterocycles. The smallest absolute Gasteiger partial charge is 0.261 e. The molecule has 1 aromatic carbocycles. The van der Waals surface area contributed by atoms with Gasteiger partial charge in [0.2, 0.25) is 0 Å². The summed E-state index contributed by atoms with van der Waals surface area (Å²) in [5.74, 6) is -0.373. The third-order valence-corrected chi connectivity index (χ3v) is 3.61. The molecule has 0 atom stereocenters. The summed E-state index contributed by atoms with van der Waals surface area (Å²) in [6.07, 6.45) is 5.90. The van der Waals surface area contributed by atoms with E-state index in [0.717, 1.165) is 19.3 Å². The molecule has 1 aliphatic rings. The van der Waals surface area contributed by atoms with E-state index in [1.807, 2.05) is 0 Å². The van der Waals surface area contributed by atoms with Crippen LogP contribution in [0.2, 0.25) is 0 Å². The van der Waals surface area contributed by atoms with Crippen LogP contribution in [0.1, 0.15) is 40.0 Å². The number of nitrogens with zero attached hydrogens (tertiary/aromatic N) is 3. The Bertz CT molecular complexity index is 632. The van der Waals surface area contributed by atoms with E-state index in [0.29, 0.717) is 24.3 Å². The molecule has 2 aromatic rings. The Kier molecular flexibility index (Phi) is 4.18. The van der Waals surface area contributed by atoms with Crippen LogP contribution in [-0.4, -0.2) is 39.8 Å². The third kappa shape index (κ3) is 2.86. The molecule has 3 rings (SSSR count). The fourth-order valence-corrected chi connectivity index (χ4v) is 2.48. The van der Waals surface area contributed by atoms with Gasteiger partial charge in [0.05, 0.1) is 23.5 Å². The van der Waals surface area contributed by atoms with Crippen molar-refractivity contribution in [2.45, 2.75) is 19.3 Å². The van der Waals surface area contributed by atoms with Crippen LogP contribution in [0.4, 0.5) is 0 Å². The fraction of sp³-hybridized carbons (Fsp3) is 0.312. The molecule has 2 heterocycles. The Balaban J connectivity index is 1.41. The van der Waals surface area contributed by atoms with Crippen molar-refractivity contribution in [2.24, 2.45) is 0 Å². The number of rotatable bonds is 7. The summed E-state index contributed by atoms with van der Waals surface area (Å²) in [6.45, 7) is 1.01. The van der Waals surface area contributed by atoms with Crippen molar-refractivity contribution in [3.8, 4) is 0 Å². The van der Waals surface area contributed by atoms with Crippen molar-refractivity contribution in [3.05, 3.63) is 53.9 Å². The van der Waals surface area contributed by atoms with Crippen LogP contribution in [0.25, 0.3) is 0 Å². The molecule has 1 aliphatic heterocycles. The summed E-state index contributed by atoms with van der Waals surface area (Å²) in [5.41, 5.74) is 1.02. The first-order chi connectivity index (χ1) is 10.8. The zero-order valence-electron chi connectivity index (χ0n) is 12.1. The quantitative estimate of drug-likeness (QED) is 0.577. The SMILES string of the molecule is O=C1c2ccccc2C(=O)N1CCCCCOn1cccn1. The predicted octanol–water partition coefficient (Wildman–Crippen LogP) is 1.78. The second-order valence-electron chi connectivity index (χ2n) is 5.11. The van der Waals surface area contributed by atoms with Crippen LogP contribution >= 0.6 is 0 Å². The zero-order valence-corrected chi connectivity index (χ0v) is 12.1. The molecule has 0 radical (unpaired) electrons. The molecule has 0 spiro atoms. The van der Waals surface area contributed by atoms with Gasteiger partial charge in [0.1, 0.15) is 6.61 Å². The molecule has 22 heavy (non-hydrogen) atoms. The van der Waals surface area contributed by atoms with Gasteiger partial charge in [-0.15, -0.1) is 9.94 Å². The molecule has 114 valence electrons. The zero-order chi connectivity index (χ0) is 15.4. The number of carbonyl (C=O) groups is 2. The first-order valence-corrected chi connectivity index (χ1v) is 7.35. The molecule has 6 heteroatoms. The molecule has 0 saturated carbocycles. The molecule has 1 aromatic heterocycles. The standard InChI is InChI=1S/C16H17N3O3/c20-15-13-7-2-3-8-14(13)16(21)18(15)10-4-1-5-12-22-19-11-6-9-17-19/h2-3,6-9,11H,1,4-5,10,12H2. The summed E-state index contributed by atoms with van der Waals surface area (Å²) in [7, 11) is 0. The Labute approximate surface area is 128 Å². The first-order valence-electron chi connectivity index (χ1n) is 7.35. The molecular formula is C16H17N3O3. The number of hydrogen-bond donors (Lipinski definition) is 0. The number of carbonyl (C=O) groups excluding carboxylic acids is 2. The van der Waals surface area contributed by atoms with Gasteiger partial charge in [-0.1, -0.05) is 12.1 Å². The van der Waals surface area contributed by atoms with Gasteiger partial charge in [0.25, 0.3) is 11.8 Å². The highest BCUT2D eigenvalue weighted by Crippen LogP contribution is 2.22. The second kappa shape index (κ2) is 6.43. The van der Waals surface area contributed by atoms with E-state index in [1.54, 1.807) is 42.7 Å². The van der Waals surface area contributed by atoms with E-state index in [-0.39, 0.29) is 11.8 Å². The van der Waals surface area contributed by atoms with Crippen LogP contribution < -0.4 is 4.84 Å². The van der Waals surface area contributed by atoms with Crippen molar-refractivity contribution < 1.29 is 14.4 Å². The van der Waals surface area contributed by atoms with Crippen LogP contribution in [0.15, 0.2) is 42.7 Å². The van der Waals surface area contributed by atoms with Gasteiger partial charge in [-0.05, 0) is 37.5 Å². The largest absolute Gasteiger partial charge is 0.397 e. The normalized spacial score (nSPS) is 13.5. The summed E-state index contributed by atoms with van der Waals surface area (Å²) in [6, 6.07) is 8.75. The Morgan fingerprint density at radius 3 is 2.32 bits per heavy atom. The van der Waals surface area contributed by atoms with Gasteiger partial charge < -0.3 is 4.84 Å². The van der Waals surface area contributed by atoms with Gasteiger partial charge in [-0.25, -0.2) is 0 Å². The average Bonchev–Trinajstić information content (AvgIpc) is 3.13. The number of aromatic nitrogens is 2. The molecule has 0 fully saturated rings. The van der Waals surface area contributed by atoms with Gasteiger partial charge in [-0.2, -0.15) is 0 Å². The number of amides is 2. The molecule has 0 N–H and O–H groups in total. The highest BCUT2D eigenvalue weighted by molar-refractivity contribution is 6.21. The molecule has 2 amide bonds.